The lowest BCUT2D eigenvalue weighted by Gasteiger charge is -2.33. The molecule has 210 valence electrons. The number of hydrogen-bond donors (Lipinski definition) is 2. The van der Waals surface area contributed by atoms with Gasteiger partial charge in [-0.3, -0.25) is 0 Å². The molecular formula is C30H46N4O4. The van der Waals surface area contributed by atoms with Gasteiger partial charge >= 0.3 is 0 Å². The third-order valence-corrected chi connectivity index (χ3v) is 7.65. The van der Waals surface area contributed by atoms with E-state index in [0.29, 0.717) is 25.0 Å². The smallest absolute Gasteiger partial charge is 0.225 e. The number of benzene rings is 1. The van der Waals surface area contributed by atoms with Crippen LogP contribution in [0.25, 0.3) is 0 Å². The van der Waals surface area contributed by atoms with Crippen LogP contribution in [0.2, 0.25) is 0 Å². The Morgan fingerprint density at radius 2 is 1.84 bits per heavy atom. The van der Waals surface area contributed by atoms with Gasteiger partial charge in [-0.2, -0.15) is 0 Å². The van der Waals surface area contributed by atoms with Crippen molar-refractivity contribution in [1.82, 2.24) is 15.3 Å². The number of aliphatic hydroxyl groups excluding tert-OH is 1. The topological polar surface area (TPSA) is 89.0 Å². The Balaban J connectivity index is 1.12. The van der Waals surface area contributed by atoms with Gasteiger partial charge in [0.1, 0.15) is 0 Å². The summed E-state index contributed by atoms with van der Waals surface area (Å²) in [7, 11) is 0. The van der Waals surface area contributed by atoms with Crippen molar-refractivity contribution in [3.63, 3.8) is 0 Å². The van der Waals surface area contributed by atoms with Crippen LogP contribution in [-0.4, -0.2) is 73.0 Å². The van der Waals surface area contributed by atoms with E-state index in [1.54, 1.807) is 0 Å². The molecule has 0 bridgehead atoms. The van der Waals surface area contributed by atoms with Crippen molar-refractivity contribution in [2.24, 2.45) is 5.92 Å². The number of anilines is 1. The van der Waals surface area contributed by atoms with E-state index < -0.39 is 0 Å². The predicted octanol–water partition coefficient (Wildman–Crippen LogP) is 4.29. The van der Waals surface area contributed by atoms with Gasteiger partial charge in [-0.05, 0) is 69.4 Å². The quantitative estimate of drug-likeness (QED) is 0.377. The van der Waals surface area contributed by atoms with Gasteiger partial charge in [0, 0.05) is 43.7 Å². The van der Waals surface area contributed by atoms with Gasteiger partial charge in [0.05, 0.1) is 25.9 Å². The largest absolute Gasteiger partial charge is 0.395 e. The molecule has 0 aliphatic carbocycles. The van der Waals surface area contributed by atoms with E-state index in [2.05, 4.69) is 51.4 Å². The number of ether oxygens (including phenoxy) is 3. The molecule has 3 heterocycles. The zero-order valence-corrected chi connectivity index (χ0v) is 23.1. The fourth-order valence-corrected chi connectivity index (χ4v) is 5.28. The lowest BCUT2D eigenvalue weighted by molar-refractivity contribution is -0.194. The number of aliphatic hydroxyl groups is 1. The molecule has 3 unspecified atom stereocenters. The van der Waals surface area contributed by atoms with Gasteiger partial charge < -0.3 is 29.5 Å². The normalized spacial score (nSPS) is 21.2. The first-order chi connectivity index (χ1) is 18.6. The summed E-state index contributed by atoms with van der Waals surface area (Å²) in [6.07, 6.45) is 10.0. The molecule has 2 saturated heterocycles. The van der Waals surface area contributed by atoms with Crippen molar-refractivity contribution in [2.75, 3.05) is 44.4 Å². The molecule has 4 rings (SSSR count). The van der Waals surface area contributed by atoms with Crippen LogP contribution in [0.4, 0.5) is 5.95 Å². The fourth-order valence-electron chi connectivity index (χ4n) is 5.28. The number of rotatable bonds is 14. The van der Waals surface area contributed by atoms with Crippen LogP contribution in [0.1, 0.15) is 69.4 Å². The van der Waals surface area contributed by atoms with Crippen LogP contribution < -0.4 is 10.2 Å². The molecule has 0 amide bonds. The lowest BCUT2D eigenvalue weighted by atomic mass is 9.93. The summed E-state index contributed by atoms with van der Waals surface area (Å²) < 4.78 is 17.4. The molecule has 2 aromatic rings. The van der Waals surface area contributed by atoms with E-state index in [0.717, 1.165) is 76.3 Å². The Bertz CT molecular complexity index is 902. The summed E-state index contributed by atoms with van der Waals surface area (Å²) in [6.45, 7) is 9.04. The molecule has 0 saturated carbocycles. The van der Waals surface area contributed by atoms with Crippen molar-refractivity contribution in [3.05, 3.63) is 53.9 Å². The molecule has 1 aromatic carbocycles. The fraction of sp³-hybridized carbons (Fsp3) is 0.667. The van der Waals surface area contributed by atoms with Crippen LogP contribution >= 0.6 is 0 Å². The molecule has 8 nitrogen and oxygen atoms in total. The van der Waals surface area contributed by atoms with Crippen LogP contribution in [0.3, 0.4) is 0 Å². The number of aromatic nitrogens is 2. The Hall–Kier alpha value is -2.10. The molecule has 8 heteroatoms. The molecule has 0 radical (unpaired) electrons. The highest BCUT2D eigenvalue weighted by Gasteiger charge is 2.23. The minimum absolute atomic E-state index is 0.00556. The summed E-state index contributed by atoms with van der Waals surface area (Å²) in [6, 6.07) is 10.7. The SMILES string of the molecule is CC(CC(CO)NCC1CCN(c2ncc(COC[C@H](C)OC3CCCCO3)cn2)CC1)c1ccccc1. The second kappa shape index (κ2) is 15.5. The minimum Gasteiger partial charge on any atom is -0.395 e. The molecule has 1 aromatic heterocycles. The molecule has 38 heavy (non-hydrogen) atoms. The van der Waals surface area contributed by atoms with Gasteiger partial charge in [-0.15, -0.1) is 0 Å². The van der Waals surface area contributed by atoms with Gasteiger partial charge in [0.25, 0.3) is 0 Å². The second-order valence-corrected chi connectivity index (χ2v) is 10.9. The third-order valence-electron chi connectivity index (χ3n) is 7.65. The first-order valence-corrected chi connectivity index (χ1v) is 14.4. The van der Waals surface area contributed by atoms with Gasteiger partial charge in [-0.1, -0.05) is 37.3 Å². The molecule has 4 atom stereocenters. The highest BCUT2D eigenvalue weighted by atomic mass is 16.7. The van der Waals surface area contributed by atoms with E-state index in [4.69, 9.17) is 14.2 Å². The maximum absolute atomic E-state index is 9.90. The summed E-state index contributed by atoms with van der Waals surface area (Å²) in [5.74, 6) is 1.81. The maximum Gasteiger partial charge on any atom is 0.225 e. The molecule has 2 N–H and O–H groups in total. The van der Waals surface area contributed by atoms with Crippen molar-refractivity contribution >= 4 is 5.95 Å². The van der Waals surface area contributed by atoms with Crippen LogP contribution in [0.5, 0.6) is 0 Å². The molecule has 2 aliphatic heterocycles. The van der Waals surface area contributed by atoms with E-state index in [1.165, 1.54) is 5.56 Å². The summed E-state index contributed by atoms with van der Waals surface area (Å²) in [5.41, 5.74) is 2.29. The van der Waals surface area contributed by atoms with Crippen molar-refractivity contribution in [2.45, 2.75) is 83.3 Å². The number of nitrogens with zero attached hydrogens (tertiary/aromatic N) is 3. The lowest BCUT2D eigenvalue weighted by Crippen LogP contribution is -2.42. The summed E-state index contributed by atoms with van der Waals surface area (Å²) in [5, 5.41) is 13.5. The van der Waals surface area contributed by atoms with Gasteiger partial charge in [0.2, 0.25) is 5.95 Å². The summed E-state index contributed by atoms with van der Waals surface area (Å²) >= 11 is 0. The van der Waals surface area contributed by atoms with Crippen molar-refractivity contribution in [3.8, 4) is 0 Å². The van der Waals surface area contributed by atoms with E-state index in [-0.39, 0.29) is 25.0 Å². The summed E-state index contributed by atoms with van der Waals surface area (Å²) in [4.78, 5) is 11.5. The Morgan fingerprint density at radius 1 is 1.08 bits per heavy atom. The average molecular weight is 527 g/mol. The van der Waals surface area contributed by atoms with Crippen LogP contribution in [-0.2, 0) is 20.8 Å². The average Bonchev–Trinajstić information content (AvgIpc) is 2.97. The standard InChI is InChI=1S/C30H46N4O4/c1-23(27-8-4-3-5-9-27)16-28(20-35)31-17-25-11-13-34(14-12-25)30-32-18-26(19-33-30)22-36-21-24(2)38-29-10-6-7-15-37-29/h3-5,8-9,18-19,23-25,28-29,31,35H,6-7,10-17,20-22H2,1-2H3/t23?,24-,28?,29?/m0/s1. The third kappa shape index (κ3) is 9.27. The highest BCUT2D eigenvalue weighted by Crippen LogP contribution is 2.23. The molecule has 2 fully saturated rings. The monoisotopic (exact) mass is 526 g/mol. The molecule has 0 spiro atoms. The maximum atomic E-state index is 9.90. The number of nitrogens with one attached hydrogen (secondary N) is 1. The van der Waals surface area contributed by atoms with Crippen LogP contribution in [0.15, 0.2) is 42.7 Å². The van der Waals surface area contributed by atoms with Crippen molar-refractivity contribution < 1.29 is 19.3 Å². The van der Waals surface area contributed by atoms with E-state index >= 15 is 0 Å². The second-order valence-electron chi connectivity index (χ2n) is 10.9. The van der Waals surface area contributed by atoms with Crippen LogP contribution in [0, 0.1) is 5.92 Å². The van der Waals surface area contributed by atoms with Gasteiger partial charge in [-0.25, -0.2) is 9.97 Å². The van der Waals surface area contributed by atoms with Gasteiger partial charge in [0.15, 0.2) is 6.29 Å². The minimum atomic E-state index is -0.0932. The highest BCUT2D eigenvalue weighted by molar-refractivity contribution is 5.30. The predicted molar refractivity (Wildman–Crippen MR) is 149 cm³/mol. The van der Waals surface area contributed by atoms with Crippen molar-refractivity contribution in [1.29, 1.82) is 0 Å². The van der Waals surface area contributed by atoms with E-state index in [9.17, 15) is 5.11 Å². The first-order valence-electron chi connectivity index (χ1n) is 14.4. The molecule has 2 aliphatic rings. The molecular weight excluding hydrogens is 480 g/mol. The Kier molecular flexibility index (Phi) is 11.8. The number of piperidine rings is 1. The van der Waals surface area contributed by atoms with E-state index in [1.807, 2.05) is 25.4 Å². The first kappa shape index (κ1) is 28.9. The Morgan fingerprint density at radius 3 is 2.53 bits per heavy atom. The number of hydrogen-bond acceptors (Lipinski definition) is 8. The Labute approximate surface area is 228 Å². The zero-order valence-electron chi connectivity index (χ0n) is 23.1. The zero-order chi connectivity index (χ0) is 26.6.